The number of nitrogens with one attached hydrogen (secondary N) is 1. The molecule has 1 amide bonds. The van der Waals surface area contributed by atoms with E-state index in [1.807, 2.05) is 6.08 Å². The van der Waals surface area contributed by atoms with E-state index in [1.165, 1.54) is 148 Å². The molecule has 2 atom stereocenters. The monoisotopic (exact) mass is 1090 g/mol. The number of hydrogen-bond donors (Lipinski definition) is 3. The SMILES string of the molecule is CC/C=C\C/C=C\C/C=C\C/C=C\C/C=C\C/C=C\C/C=C\C/C=C\C/C=C\C/C=C\C/C=C\C/C=C\CCCCCCC(=O)NC(CO)C(O)/C=C/CCCCCCCCCCCCCCCCCCCCCCCCCC. The minimum Gasteiger partial charge on any atom is -0.394 e. The van der Waals surface area contributed by atoms with E-state index >= 15 is 0 Å². The molecule has 2 unspecified atom stereocenters. The predicted molar refractivity (Wildman–Crippen MR) is 354 cm³/mol. The number of rotatable bonds is 59. The summed E-state index contributed by atoms with van der Waals surface area (Å²) in [4.78, 5) is 12.5. The van der Waals surface area contributed by atoms with Gasteiger partial charge in [0.15, 0.2) is 0 Å². The van der Waals surface area contributed by atoms with Crippen molar-refractivity contribution >= 4 is 5.91 Å². The van der Waals surface area contributed by atoms with Gasteiger partial charge in [0, 0.05) is 6.42 Å². The molecule has 0 aliphatic heterocycles. The molecule has 0 radical (unpaired) electrons. The zero-order valence-corrected chi connectivity index (χ0v) is 51.6. The van der Waals surface area contributed by atoms with Crippen molar-refractivity contribution in [2.75, 3.05) is 6.61 Å². The summed E-state index contributed by atoms with van der Waals surface area (Å²) in [5.41, 5.74) is 0. The highest BCUT2D eigenvalue weighted by atomic mass is 16.3. The van der Waals surface area contributed by atoms with Crippen LogP contribution in [0.15, 0.2) is 158 Å². The normalized spacial score (nSPS) is 13.8. The van der Waals surface area contributed by atoms with Crippen molar-refractivity contribution in [2.24, 2.45) is 0 Å². The average Bonchev–Trinajstić information content (AvgIpc) is 3.45. The molecule has 3 N–H and O–H groups in total. The Kier molecular flexibility index (Phi) is 64.8. The second kappa shape index (κ2) is 68.3. The van der Waals surface area contributed by atoms with Crippen molar-refractivity contribution in [1.82, 2.24) is 5.32 Å². The maximum Gasteiger partial charge on any atom is 0.220 e. The van der Waals surface area contributed by atoms with Gasteiger partial charge < -0.3 is 15.5 Å². The first-order chi connectivity index (χ1) is 39.2. The highest BCUT2D eigenvalue weighted by Gasteiger charge is 2.18. The summed E-state index contributed by atoms with van der Waals surface area (Å²) in [7, 11) is 0. The molecule has 4 nitrogen and oxygen atoms in total. The lowest BCUT2D eigenvalue weighted by atomic mass is 10.0. The van der Waals surface area contributed by atoms with Gasteiger partial charge in [-0.05, 0) is 109 Å². The Hall–Kier alpha value is -3.99. The lowest BCUT2D eigenvalue weighted by molar-refractivity contribution is -0.123. The highest BCUT2D eigenvalue weighted by Crippen LogP contribution is 2.17. The van der Waals surface area contributed by atoms with Crippen molar-refractivity contribution in [2.45, 2.75) is 302 Å². The van der Waals surface area contributed by atoms with Crippen molar-refractivity contribution in [3.05, 3.63) is 158 Å². The molecule has 0 saturated heterocycles. The molecule has 0 heterocycles. The van der Waals surface area contributed by atoms with E-state index in [9.17, 15) is 15.0 Å². The fourth-order valence-electron chi connectivity index (χ4n) is 9.28. The van der Waals surface area contributed by atoms with Crippen LogP contribution in [0.4, 0.5) is 0 Å². The molecule has 0 bridgehead atoms. The smallest absolute Gasteiger partial charge is 0.220 e. The Morgan fingerprint density at radius 2 is 0.557 bits per heavy atom. The second-order valence-corrected chi connectivity index (χ2v) is 21.8. The van der Waals surface area contributed by atoms with Crippen molar-refractivity contribution in [3.63, 3.8) is 0 Å². The van der Waals surface area contributed by atoms with Crippen LogP contribution >= 0.6 is 0 Å². The number of hydrogen-bond acceptors (Lipinski definition) is 3. The standard InChI is InChI=1S/C75H125NO3/c1-3-5-7-9-11-13-15-17-19-21-23-25-27-29-31-32-33-34-35-36-37-38-39-40-41-42-43-44-45-47-49-51-53-55-57-59-61-63-65-67-69-71-75(79)76-73(72-77)74(78)70-68-66-64-62-60-58-56-54-52-50-48-46-30-28-26-24-22-20-18-16-14-12-10-8-6-4-2/h5,7,11,13,17,19,23,25,29,31,33-34,36-37,39-40,42-43,45,47,51,53,57,59,68,70,73-74,77-78H,3-4,6,8-10,12,14-16,18,20-22,24,26-28,30,32,35,38,41,44,46,48-50,52,54-56,58,60-67,69,71-72H2,1-2H3,(H,76,79)/b7-5-,13-11-,19-17-,25-23-,31-29-,34-33-,37-36-,40-39-,43-42-,47-45-,53-51-,59-57-,70-68+. The van der Waals surface area contributed by atoms with E-state index < -0.39 is 12.1 Å². The van der Waals surface area contributed by atoms with Crippen LogP contribution in [0.25, 0.3) is 0 Å². The van der Waals surface area contributed by atoms with Gasteiger partial charge in [0.25, 0.3) is 0 Å². The molecule has 0 aromatic rings. The zero-order chi connectivity index (χ0) is 56.9. The van der Waals surface area contributed by atoms with Gasteiger partial charge in [-0.2, -0.15) is 0 Å². The van der Waals surface area contributed by atoms with E-state index in [2.05, 4.69) is 165 Å². The van der Waals surface area contributed by atoms with Gasteiger partial charge in [-0.1, -0.05) is 332 Å². The van der Waals surface area contributed by atoms with Crippen molar-refractivity contribution in [1.29, 1.82) is 0 Å². The van der Waals surface area contributed by atoms with Gasteiger partial charge >= 0.3 is 0 Å². The number of amides is 1. The zero-order valence-electron chi connectivity index (χ0n) is 51.6. The number of carbonyl (C=O) groups is 1. The molecule has 0 aromatic carbocycles. The summed E-state index contributed by atoms with van der Waals surface area (Å²) < 4.78 is 0. The molecular formula is C75H125NO3. The Labute approximate surface area is 490 Å². The Morgan fingerprint density at radius 3 is 0.835 bits per heavy atom. The summed E-state index contributed by atoms with van der Waals surface area (Å²) in [5.74, 6) is -0.0919. The van der Waals surface area contributed by atoms with Crippen LogP contribution in [-0.2, 0) is 4.79 Å². The number of unbranched alkanes of at least 4 members (excludes halogenated alkanes) is 28. The summed E-state index contributed by atoms with van der Waals surface area (Å²) in [6.07, 6.45) is 109. The van der Waals surface area contributed by atoms with Crippen LogP contribution in [0.2, 0.25) is 0 Å². The number of carbonyl (C=O) groups excluding carboxylic acids is 1. The Balaban J connectivity index is 3.66. The van der Waals surface area contributed by atoms with E-state index in [0.29, 0.717) is 6.42 Å². The fraction of sp³-hybridized carbons (Fsp3) is 0.640. The first-order valence-corrected chi connectivity index (χ1v) is 33.2. The fourth-order valence-corrected chi connectivity index (χ4v) is 9.28. The Bertz CT molecular complexity index is 1660. The topological polar surface area (TPSA) is 69.6 Å². The molecule has 0 fully saturated rings. The molecule has 4 heteroatoms. The van der Waals surface area contributed by atoms with Crippen molar-refractivity contribution in [3.8, 4) is 0 Å². The molecule has 0 aromatic heterocycles. The summed E-state index contributed by atoms with van der Waals surface area (Å²) in [5, 5.41) is 23.2. The third-order valence-corrected chi connectivity index (χ3v) is 14.3. The van der Waals surface area contributed by atoms with Crippen LogP contribution in [0, 0.1) is 0 Å². The maximum atomic E-state index is 12.5. The highest BCUT2D eigenvalue weighted by molar-refractivity contribution is 5.76. The van der Waals surface area contributed by atoms with E-state index in [0.717, 1.165) is 122 Å². The molecule has 0 aliphatic rings. The molecule has 0 saturated carbocycles. The average molecular weight is 1090 g/mol. The van der Waals surface area contributed by atoms with Crippen molar-refractivity contribution < 1.29 is 15.0 Å². The van der Waals surface area contributed by atoms with Gasteiger partial charge in [0.1, 0.15) is 0 Å². The summed E-state index contributed by atoms with van der Waals surface area (Å²) in [6.45, 7) is 4.20. The second-order valence-electron chi connectivity index (χ2n) is 21.8. The van der Waals surface area contributed by atoms with Crippen LogP contribution in [0.3, 0.4) is 0 Å². The molecule has 0 spiro atoms. The van der Waals surface area contributed by atoms with E-state index in [-0.39, 0.29) is 12.5 Å². The molecular weight excluding hydrogens is 963 g/mol. The number of aliphatic hydroxyl groups excluding tert-OH is 2. The van der Waals surface area contributed by atoms with Crippen LogP contribution in [-0.4, -0.2) is 34.9 Å². The van der Waals surface area contributed by atoms with E-state index in [1.54, 1.807) is 6.08 Å². The first-order valence-electron chi connectivity index (χ1n) is 33.2. The van der Waals surface area contributed by atoms with Gasteiger partial charge in [-0.25, -0.2) is 0 Å². The van der Waals surface area contributed by atoms with E-state index in [4.69, 9.17) is 0 Å². The Morgan fingerprint density at radius 1 is 0.316 bits per heavy atom. The van der Waals surface area contributed by atoms with Gasteiger partial charge in [0.05, 0.1) is 18.8 Å². The summed E-state index contributed by atoms with van der Waals surface area (Å²) in [6, 6.07) is -0.649. The maximum absolute atomic E-state index is 12.5. The first kappa shape index (κ1) is 75.0. The predicted octanol–water partition coefficient (Wildman–Crippen LogP) is 22.9. The third-order valence-electron chi connectivity index (χ3n) is 14.3. The number of allylic oxidation sites excluding steroid dienone is 25. The van der Waals surface area contributed by atoms with Crippen LogP contribution in [0.1, 0.15) is 290 Å². The molecule has 79 heavy (non-hydrogen) atoms. The lowest BCUT2D eigenvalue weighted by Crippen LogP contribution is -2.45. The minimum absolute atomic E-state index is 0.0919. The lowest BCUT2D eigenvalue weighted by Gasteiger charge is -2.20. The van der Waals surface area contributed by atoms with Crippen LogP contribution in [0.5, 0.6) is 0 Å². The molecule has 448 valence electrons. The van der Waals surface area contributed by atoms with Gasteiger partial charge in [-0.15, -0.1) is 0 Å². The molecule has 0 rings (SSSR count). The van der Waals surface area contributed by atoms with Crippen LogP contribution < -0.4 is 5.32 Å². The summed E-state index contributed by atoms with van der Waals surface area (Å²) >= 11 is 0. The third kappa shape index (κ3) is 64.7. The molecule has 0 aliphatic carbocycles. The largest absolute Gasteiger partial charge is 0.394 e. The quantitative estimate of drug-likeness (QED) is 0.0420. The number of aliphatic hydroxyl groups is 2. The van der Waals surface area contributed by atoms with Gasteiger partial charge in [-0.3, -0.25) is 4.79 Å². The van der Waals surface area contributed by atoms with Gasteiger partial charge in [0.2, 0.25) is 5.91 Å². The minimum atomic E-state index is -0.863.